The van der Waals surface area contributed by atoms with Crippen LogP contribution in [0.25, 0.3) is 0 Å². The molecule has 5 nitrogen and oxygen atoms in total. The Balaban J connectivity index is 3.47. The summed E-state index contributed by atoms with van der Waals surface area (Å²) in [7, 11) is 1.59. The monoisotopic (exact) mass is 286 g/mol. The van der Waals surface area contributed by atoms with Crippen LogP contribution in [0, 0.1) is 5.92 Å². The number of nitrogens with one attached hydrogen (secondary N) is 2. The number of carboxylic acid groups (broad SMARTS) is 1. The van der Waals surface area contributed by atoms with Crippen LogP contribution in [-0.4, -0.2) is 36.6 Å². The first-order chi connectivity index (χ1) is 9.47. The summed E-state index contributed by atoms with van der Waals surface area (Å²) >= 11 is 0. The van der Waals surface area contributed by atoms with Crippen LogP contribution in [0.4, 0.5) is 0 Å². The molecule has 20 heavy (non-hydrogen) atoms. The maximum atomic E-state index is 11.5. The summed E-state index contributed by atoms with van der Waals surface area (Å²) in [5.74, 6) is -0.205. The van der Waals surface area contributed by atoms with E-state index >= 15 is 0 Å². The molecule has 0 rings (SSSR count). The summed E-state index contributed by atoms with van der Waals surface area (Å²) in [6.07, 6.45) is 6.46. The van der Waals surface area contributed by atoms with Crippen molar-refractivity contribution in [1.82, 2.24) is 10.6 Å². The van der Waals surface area contributed by atoms with Crippen LogP contribution in [0.1, 0.15) is 58.8 Å². The lowest BCUT2D eigenvalue weighted by molar-refractivity contribution is -0.139. The number of unbranched alkanes of at least 4 members (excludes halogenated alkanes) is 3. The van der Waals surface area contributed by atoms with Crippen molar-refractivity contribution in [3.05, 3.63) is 0 Å². The van der Waals surface area contributed by atoms with Gasteiger partial charge in [-0.3, -0.25) is 9.59 Å². The van der Waals surface area contributed by atoms with E-state index < -0.39 is 12.0 Å². The molecular weight excluding hydrogens is 256 g/mol. The van der Waals surface area contributed by atoms with Crippen LogP contribution in [0.5, 0.6) is 0 Å². The molecule has 1 atom stereocenters. The number of hydrogen-bond donors (Lipinski definition) is 3. The summed E-state index contributed by atoms with van der Waals surface area (Å²) in [5.41, 5.74) is 0. The lowest BCUT2D eigenvalue weighted by Crippen LogP contribution is -2.35. The lowest BCUT2D eigenvalue weighted by Gasteiger charge is -2.11. The number of aliphatic carboxylic acids is 1. The first-order valence-corrected chi connectivity index (χ1v) is 7.64. The normalized spacial score (nSPS) is 12.4. The zero-order valence-electron chi connectivity index (χ0n) is 13.1. The molecule has 0 saturated heterocycles. The molecular formula is C15H30N2O3. The van der Waals surface area contributed by atoms with Gasteiger partial charge in [-0.15, -0.1) is 0 Å². The lowest BCUT2D eigenvalue weighted by atomic mass is 10.0. The van der Waals surface area contributed by atoms with Crippen LogP contribution < -0.4 is 10.6 Å². The fourth-order valence-electron chi connectivity index (χ4n) is 2.01. The average molecular weight is 286 g/mol. The molecule has 0 aliphatic carbocycles. The second-order valence-electron chi connectivity index (χ2n) is 5.66. The van der Waals surface area contributed by atoms with Crippen molar-refractivity contribution in [2.24, 2.45) is 5.92 Å². The summed E-state index contributed by atoms with van der Waals surface area (Å²) in [6, 6.07) is -0.642. The van der Waals surface area contributed by atoms with Crippen LogP contribution in [-0.2, 0) is 9.59 Å². The van der Waals surface area contributed by atoms with Crippen molar-refractivity contribution < 1.29 is 14.7 Å². The van der Waals surface area contributed by atoms with Gasteiger partial charge in [0.1, 0.15) is 6.04 Å². The summed E-state index contributed by atoms with van der Waals surface area (Å²) in [4.78, 5) is 22.3. The number of amides is 1. The van der Waals surface area contributed by atoms with Gasteiger partial charge in [0.2, 0.25) is 5.91 Å². The molecule has 118 valence electrons. The minimum absolute atomic E-state index is 0.0614. The van der Waals surface area contributed by atoms with Gasteiger partial charge in [0.25, 0.3) is 0 Å². The third-order valence-corrected chi connectivity index (χ3v) is 3.34. The van der Waals surface area contributed by atoms with Gasteiger partial charge in [-0.1, -0.05) is 39.5 Å². The fraction of sp³-hybridized carbons (Fsp3) is 0.867. The highest BCUT2D eigenvalue weighted by Crippen LogP contribution is 2.09. The van der Waals surface area contributed by atoms with E-state index in [-0.39, 0.29) is 12.3 Å². The van der Waals surface area contributed by atoms with E-state index in [1.165, 1.54) is 19.3 Å². The molecule has 0 saturated carbocycles. The first-order valence-electron chi connectivity index (χ1n) is 7.64. The predicted molar refractivity (Wildman–Crippen MR) is 80.7 cm³/mol. The topological polar surface area (TPSA) is 78.4 Å². The summed E-state index contributed by atoms with van der Waals surface area (Å²) in [5, 5.41) is 14.3. The van der Waals surface area contributed by atoms with E-state index in [0.29, 0.717) is 13.0 Å². The largest absolute Gasteiger partial charge is 0.480 e. The van der Waals surface area contributed by atoms with Gasteiger partial charge in [-0.05, 0) is 25.8 Å². The van der Waals surface area contributed by atoms with Crippen molar-refractivity contribution >= 4 is 11.9 Å². The Hall–Kier alpha value is -1.10. The molecule has 0 heterocycles. The molecule has 0 aromatic carbocycles. The van der Waals surface area contributed by atoms with E-state index in [1.807, 2.05) is 0 Å². The van der Waals surface area contributed by atoms with Crippen molar-refractivity contribution in [1.29, 1.82) is 0 Å². The van der Waals surface area contributed by atoms with Crippen molar-refractivity contribution in [2.75, 3.05) is 13.6 Å². The number of likely N-dealkylation sites (N-methyl/N-ethyl adjacent to an activating group) is 1. The van der Waals surface area contributed by atoms with Crippen LogP contribution >= 0.6 is 0 Å². The highest BCUT2D eigenvalue weighted by Gasteiger charge is 2.15. The number of carbonyl (C=O) groups is 2. The maximum Gasteiger partial charge on any atom is 0.320 e. The number of carboxylic acids is 1. The molecule has 0 fully saturated rings. The van der Waals surface area contributed by atoms with Gasteiger partial charge in [0, 0.05) is 13.0 Å². The highest BCUT2D eigenvalue weighted by molar-refractivity contribution is 5.78. The Morgan fingerprint density at radius 2 is 1.70 bits per heavy atom. The molecule has 1 amide bonds. The number of carbonyl (C=O) groups excluding carboxylic acids is 1. The zero-order chi connectivity index (χ0) is 15.4. The van der Waals surface area contributed by atoms with Gasteiger partial charge in [-0.25, -0.2) is 0 Å². The van der Waals surface area contributed by atoms with Gasteiger partial charge < -0.3 is 15.7 Å². The van der Waals surface area contributed by atoms with Crippen LogP contribution in [0.3, 0.4) is 0 Å². The van der Waals surface area contributed by atoms with E-state index in [2.05, 4.69) is 24.5 Å². The molecule has 5 heteroatoms. The smallest absolute Gasteiger partial charge is 0.320 e. The van der Waals surface area contributed by atoms with E-state index in [9.17, 15) is 9.59 Å². The van der Waals surface area contributed by atoms with Gasteiger partial charge in [0.05, 0.1) is 0 Å². The van der Waals surface area contributed by atoms with Crippen molar-refractivity contribution in [2.45, 2.75) is 64.8 Å². The summed E-state index contributed by atoms with van der Waals surface area (Å²) < 4.78 is 0. The Morgan fingerprint density at radius 1 is 1.05 bits per heavy atom. The highest BCUT2D eigenvalue weighted by atomic mass is 16.4. The van der Waals surface area contributed by atoms with Gasteiger partial charge in [-0.2, -0.15) is 0 Å². The second-order valence-corrected chi connectivity index (χ2v) is 5.66. The Labute approximate surface area is 122 Å². The van der Waals surface area contributed by atoms with E-state index in [1.54, 1.807) is 7.05 Å². The van der Waals surface area contributed by atoms with Crippen LogP contribution in [0.15, 0.2) is 0 Å². The predicted octanol–water partition coefficient (Wildman–Crippen LogP) is 2.16. The SMILES string of the molecule is CNC(CCC(=O)NCCCCCCC(C)C)C(=O)O. The fourth-order valence-corrected chi connectivity index (χ4v) is 2.01. The maximum absolute atomic E-state index is 11.5. The van der Waals surface area contributed by atoms with E-state index in [0.717, 1.165) is 18.8 Å². The molecule has 0 aliphatic rings. The average Bonchev–Trinajstić information content (AvgIpc) is 2.37. The molecule has 0 spiro atoms. The molecule has 0 radical (unpaired) electrons. The number of rotatable bonds is 12. The molecule has 1 unspecified atom stereocenters. The second kappa shape index (κ2) is 11.7. The molecule has 0 aromatic heterocycles. The number of hydrogen-bond acceptors (Lipinski definition) is 3. The first kappa shape index (κ1) is 18.9. The van der Waals surface area contributed by atoms with Crippen LogP contribution in [0.2, 0.25) is 0 Å². The molecule has 0 aromatic rings. The van der Waals surface area contributed by atoms with Gasteiger partial charge >= 0.3 is 5.97 Å². The van der Waals surface area contributed by atoms with Gasteiger partial charge in [0.15, 0.2) is 0 Å². The quantitative estimate of drug-likeness (QED) is 0.480. The third-order valence-electron chi connectivity index (χ3n) is 3.34. The van der Waals surface area contributed by atoms with E-state index in [4.69, 9.17) is 5.11 Å². The third kappa shape index (κ3) is 10.8. The summed E-state index contributed by atoms with van der Waals surface area (Å²) in [6.45, 7) is 5.16. The standard InChI is InChI=1S/C15H30N2O3/c1-12(2)8-6-4-5-7-11-17-14(18)10-9-13(16-3)15(19)20/h12-13,16H,4-11H2,1-3H3,(H,17,18)(H,19,20). The molecule has 0 aliphatic heterocycles. The van der Waals surface area contributed by atoms with Crippen molar-refractivity contribution in [3.8, 4) is 0 Å². The minimum atomic E-state index is -0.912. The van der Waals surface area contributed by atoms with Crippen molar-refractivity contribution in [3.63, 3.8) is 0 Å². The zero-order valence-corrected chi connectivity index (χ0v) is 13.1. The molecule has 0 bridgehead atoms. The Kier molecular flexibility index (Phi) is 11.1. The minimum Gasteiger partial charge on any atom is -0.480 e. The Morgan fingerprint density at radius 3 is 2.25 bits per heavy atom. The Bertz CT molecular complexity index is 280. The molecule has 3 N–H and O–H groups in total.